The van der Waals surface area contributed by atoms with E-state index in [0.717, 1.165) is 12.1 Å². The van der Waals surface area contributed by atoms with E-state index in [0.29, 0.717) is 23.5 Å². The molecule has 0 aliphatic rings. The zero-order chi connectivity index (χ0) is 29.4. The van der Waals surface area contributed by atoms with Crippen LogP contribution in [0.25, 0.3) is 16.6 Å². The lowest BCUT2D eigenvalue weighted by molar-refractivity contribution is -0.145. The summed E-state index contributed by atoms with van der Waals surface area (Å²) < 4.78 is 76.3. The molecule has 0 saturated carbocycles. The highest BCUT2D eigenvalue weighted by atomic mass is 19.4. The molecule has 212 valence electrons. The molecule has 2 heterocycles. The van der Waals surface area contributed by atoms with Crippen LogP contribution in [0.3, 0.4) is 0 Å². The number of fused-ring (bicyclic) bond motifs is 1. The van der Waals surface area contributed by atoms with E-state index >= 15 is 0 Å². The van der Waals surface area contributed by atoms with Gasteiger partial charge in [-0.2, -0.15) is 27.1 Å². The molecule has 2 atom stereocenters. The first-order valence-corrected chi connectivity index (χ1v) is 12.3. The van der Waals surface area contributed by atoms with Crippen molar-refractivity contribution in [3.8, 4) is 11.4 Å². The van der Waals surface area contributed by atoms with Crippen LogP contribution in [0.15, 0.2) is 71.8 Å². The summed E-state index contributed by atoms with van der Waals surface area (Å²) in [5, 5.41) is 7.33. The van der Waals surface area contributed by atoms with Crippen molar-refractivity contribution in [2.75, 3.05) is 0 Å². The Bertz CT molecular complexity index is 1570. The van der Waals surface area contributed by atoms with Gasteiger partial charge in [-0.3, -0.25) is 9.59 Å². The number of halogens is 5. The van der Waals surface area contributed by atoms with Crippen molar-refractivity contribution in [1.29, 1.82) is 0 Å². The lowest BCUT2D eigenvalue weighted by Crippen LogP contribution is -2.49. The van der Waals surface area contributed by atoms with E-state index in [9.17, 15) is 31.5 Å². The van der Waals surface area contributed by atoms with Crippen LogP contribution in [0.1, 0.15) is 38.0 Å². The average molecular weight is 563 g/mol. The summed E-state index contributed by atoms with van der Waals surface area (Å²) >= 11 is 0. The van der Waals surface area contributed by atoms with Gasteiger partial charge in [-0.1, -0.05) is 26.0 Å². The second kappa shape index (κ2) is 10.7. The van der Waals surface area contributed by atoms with Crippen LogP contribution in [0, 0.1) is 5.92 Å². The fourth-order valence-corrected chi connectivity index (χ4v) is 4.22. The SMILES string of the molecule is CC(C)C(NC(=O)C(C)(F)F)C(Oc1ccc2c(cnn2-c2ccc(=O)n(C)c2)c1)c1ccc(C(F)(F)F)cc1. The van der Waals surface area contributed by atoms with E-state index in [1.807, 2.05) is 0 Å². The van der Waals surface area contributed by atoms with Crippen LogP contribution in [0.4, 0.5) is 22.0 Å². The zero-order valence-electron chi connectivity index (χ0n) is 22.0. The van der Waals surface area contributed by atoms with Crippen molar-refractivity contribution >= 4 is 16.8 Å². The van der Waals surface area contributed by atoms with Crippen LogP contribution >= 0.6 is 0 Å². The Morgan fingerprint density at radius 1 is 1.00 bits per heavy atom. The highest BCUT2D eigenvalue weighted by Gasteiger charge is 2.38. The third kappa shape index (κ3) is 6.16. The van der Waals surface area contributed by atoms with Crippen molar-refractivity contribution in [2.45, 2.75) is 45.0 Å². The minimum atomic E-state index is -4.57. The molecular weight excluding hydrogens is 535 g/mol. The summed E-state index contributed by atoms with van der Waals surface area (Å²) in [6, 6.07) is 11.1. The molecule has 2 unspecified atom stereocenters. The van der Waals surface area contributed by atoms with Crippen molar-refractivity contribution in [3.05, 3.63) is 88.5 Å². The number of nitrogens with zero attached hydrogens (tertiary/aromatic N) is 3. The van der Waals surface area contributed by atoms with Gasteiger partial charge in [-0.15, -0.1) is 0 Å². The van der Waals surface area contributed by atoms with Crippen molar-refractivity contribution in [2.24, 2.45) is 13.0 Å². The average Bonchev–Trinajstić information content (AvgIpc) is 3.29. The topological polar surface area (TPSA) is 78.2 Å². The van der Waals surface area contributed by atoms with Crippen LogP contribution in [-0.4, -0.2) is 32.2 Å². The summed E-state index contributed by atoms with van der Waals surface area (Å²) in [6.45, 7) is 3.82. The van der Waals surface area contributed by atoms with Gasteiger partial charge in [-0.05, 0) is 47.9 Å². The smallest absolute Gasteiger partial charge is 0.416 e. The number of rotatable bonds is 8. The first kappa shape index (κ1) is 28.8. The molecule has 40 heavy (non-hydrogen) atoms. The van der Waals surface area contributed by atoms with Gasteiger partial charge in [-0.25, -0.2) is 4.68 Å². The third-order valence-electron chi connectivity index (χ3n) is 6.42. The highest BCUT2D eigenvalue weighted by Crippen LogP contribution is 2.34. The maximum absolute atomic E-state index is 13.8. The van der Waals surface area contributed by atoms with Crippen molar-refractivity contribution in [1.82, 2.24) is 19.7 Å². The largest absolute Gasteiger partial charge is 0.484 e. The fourth-order valence-electron chi connectivity index (χ4n) is 4.22. The minimum Gasteiger partial charge on any atom is -0.484 e. The van der Waals surface area contributed by atoms with Crippen LogP contribution in [-0.2, 0) is 18.0 Å². The van der Waals surface area contributed by atoms with Crippen LogP contribution in [0.2, 0.25) is 0 Å². The van der Waals surface area contributed by atoms with Gasteiger partial charge in [0.2, 0.25) is 5.56 Å². The monoisotopic (exact) mass is 562 g/mol. The molecule has 0 saturated heterocycles. The van der Waals surface area contributed by atoms with Gasteiger partial charge in [0.15, 0.2) is 0 Å². The molecule has 0 radical (unpaired) electrons. The van der Waals surface area contributed by atoms with Crippen LogP contribution < -0.4 is 15.6 Å². The first-order valence-electron chi connectivity index (χ1n) is 12.3. The molecule has 0 aliphatic heterocycles. The fraction of sp³-hybridized carbons (Fsp3) is 0.321. The molecule has 1 N–H and O–H groups in total. The zero-order valence-corrected chi connectivity index (χ0v) is 22.0. The molecule has 2 aromatic carbocycles. The number of aromatic nitrogens is 3. The molecule has 0 fully saturated rings. The highest BCUT2D eigenvalue weighted by molar-refractivity contribution is 5.83. The first-order chi connectivity index (χ1) is 18.6. The Morgan fingerprint density at radius 2 is 1.68 bits per heavy atom. The Labute approximate surface area is 226 Å². The maximum Gasteiger partial charge on any atom is 0.416 e. The van der Waals surface area contributed by atoms with Gasteiger partial charge in [0, 0.05) is 31.6 Å². The molecular formula is C28H27F5N4O3. The standard InChI is InChI=1S/C28H27F5N4O3/c1-16(2)24(35-26(39)27(3,29)30)25(17-5-7-19(8-6-17)28(31,32)33)40-21-10-11-22-18(13-21)14-34-37(22)20-9-12-23(38)36(4)15-20/h5-16,24-25H,1-4H3,(H,35,39). The van der Waals surface area contributed by atoms with Crippen LogP contribution in [0.5, 0.6) is 5.75 Å². The number of ether oxygens (including phenoxy) is 1. The predicted octanol–water partition coefficient (Wildman–Crippen LogP) is 5.66. The van der Waals surface area contributed by atoms with Gasteiger partial charge in [0.05, 0.1) is 29.0 Å². The Kier molecular flexibility index (Phi) is 7.73. The summed E-state index contributed by atoms with van der Waals surface area (Å²) in [5.41, 5.74) is 0.505. The second-order valence-corrected chi connectivity index (χ2v) is 9.90. The Balaban J connectivity index is 1.73. The molecule has 1 amide bonds. The number of hydrogen-bond donors (Lipinski definition) is 1. The third-order valence-corrected chi connectivity index (χ3v) is 6.42. The van der Waals surface area contributed by atoms with Crippen molar-refractivity contribution < 1.29 is 31.5 Å². The number of amides is 1. The maximum atomic E-state index is 13.8. The molecule has 4 rings (SSSR count). The number of benzene rings is 2. The van der Waals surface area contributed by atoms with E-state index in [1.54, 1.807) is 62.2 Å². The second-order valence-electron chi connectivity index (χ2n) is 9.90. The number of hydrogen-bond acceptors (Lipinski definition) is 4. The lowest BCUT2D eigenvalue weighted by atomic mass is 9.92. The van der Waals surface area contributed by atoms with Gasteiger partial charge in [0.25, 0.3) is 5.91 Å². The molecule has 12 heteroatoms. The van der Waals surface area contributed by atoms with E-state index in [4.69, 9.17) is 4.74 Å². The number of pyridine rings is 1. The summed E-state index contributed by atoms with van der Waals surface area (Å²) in [5.74, 6) is -5.36. The molecule has 0 spiro atoms. The number of carbonyl (C=O) groups is 1. The van der Waals surface area contributed by atoms with Gasteiger partial charge in [0.1, 0.15) is 11.9 Å². The Morgan fingerprint density at radius 3 is 2.25 bits per heavy atom. The minimum absolute atomic E-state index is 0.183. The normalized spacial score (nSPS) is 13.8. The van der Waals surface area contributed by atoms with Gasteiger partial charge >= 0.3 is 12.1 Å². The van der Waals surface area contributed by atoms with E-state index in [2.05, 4.69) is 10.4 Å². The molecule has 2 aromatic heterocycles. The summed E-state index contributed by atoms with van der Waals surface area (Å²) in [6.07, 6.45) is -2.48. The van der Waals surface area contributed by atoms with E-state index in [-0.39, 0.29) is 16.9 Å². The summed E-state index contributed by atoms with van der Waals surface area (Å²) in [4.78, 5) is 24.0. The number of aryl methyl sites for hydroxylation is 1. The number of carbonyl (C=O) groups excluding carboxylic acids is 1. The molecule has 7 nitrogen and oxygen atoms in total. The van der Waals surface area contributed by atoms with E-state index in [1.165, 1.54) is 22.8 Å². The van der Waals surface area contributed by atoms with Crippen molar-refractivity contribution in [3.63, 3.8) is 0 Å². The number of nitrogens with one attached hydrogen (secondary N) is 1. The Hall–Kier alpha value is -4.22. The van der Waals surface area contributed by atoms with E-state index < -0.39 is 41.6 Å². The molecule has 0 bridgehead atoms. The number of alkyl halides is 5. The quantitative estimate of drug-likeness (QED) is 0.281. The summed E-state index contributed by atoms with van der Waals surface area (Å²) in [7, 11) is 1.61. The molecule has 0 aliphatic carbocycles. The van der Waals surface area contributed by atoms with Gasteiger partial charge < -0.3 is 14.6 Å². The predicted molar refractivity (Wildman–Crippen MR) is 139 cm³/mol. The lowest BCUT2D eigenvalue weighted by Gasteiger charge is -2.32. The molecule has 4 aromatic rings.